The van der Waals surface area contributed by atoms with Crippen LogP contribution in [0.15, 0.2) is 0 Å². The molecule has 6 unspecified atom stereocenters. The second-order valence-electron chi connectivity index (χ2n) is 13.6. The molecular formula is C38H76I2O3. The third-order valence-electron chi connectivity index (χ3n) is 8.81. The van der Waals surface area contributed by atoms with Crippen molar-refractivity contribution in [2.24, 2.45) is 11.8 Å². The number of alkyl halides is 2. The molecule has 43 heavy (non-hydrogen) atoms. The second kappa shape index (κ2) is 33.2. The molecule has 5 heteroatoms. The van der Waals surface area contributed by atoms with E-state index >= 15 is 0 Å². The molecule has 0 saturated heterocycles. The molecular weight excluding hydrogens is 758 g/mol. The summed E-state index contributed by atoms with van der Waals surface area (Å²) in [6.07, 6.45) is 30.0. The molecule has 0 rings (SSSR count). The fourth-order valence-corrected chi connectivity index (χ4v) is 7.71. The smallest absolute Gasteiger partial charge is 0.160 e. The Bertz CT molecular complexity index is 503. The molecule has 0 bridgehead atoms. The van der Waals surface area contributed by atoms with Gasteiger partial charge in [0.2, 0.25) is 0 Å². The number of hydrogen-bond acceptors (Lipinski definition) is 3. The van der Waals surface area contributed by atoms with Gasteiger partial charge in [0, 0.05) is 21.1 Å². The van der Waals surface area contributed by atoms with Crippen LogP contribution in [0.4, 0.5) is 0 Å². The fourth-order valence-electron chi connectivity index (χ4n) is 5.95. The number of ether oxygens (including phenoxy) is 3. The van der Waals surface area contributed by atoms with E-state index in [0.717, 1.165) is 58.6 Å². The van der Waals surface area contributed by atoms with Crippen molar-refractivity contribution in [1.82, 2.24) is 0 Å². The molecule has 0 saturated carbocycles. The summed E-state index contributed by atoms with van der Waals surface area (Å²) in [5.74, 6) is 1.58. The van der Waals surface area contributed by atoms with E-state index in [0.29, 0.717) is 0 Å². The van der Waals surface area contributed by atoms with E-state index in [4.69, 9.17) is 14.2 Å². The van der Waals surface area contributed by atoms with Gasteiger partial charge >= 0.3 is 0 Å². The summed E-state index contributed by atoms with van der Waals surface area (Å²) in [6.45, 7) is 15.6. The Morgan fingerprint density at radius 2 is 0.791 bits per heavy atom. The quantitative estimate of drug-likeness (QED) is 0.0280. The average molecular weight is 835 g/mol. The molecule has 0 aromatic carbocycles. The fraction of sp³-hybridized carbons (Fsp3) is 1.00. The Labute approximate surface area is 298 Å². The zero-order valence-electron chi connectivity index (χ0n) is 29.8. The summed E-state index contributed by atoms with van der Waals surface area (Å²) < 4.78 is 21.2. The van der Waals surface area contributed by atoms with E-state index in [-0.39, 0.29) is 12.6 Å². The summed E-state index contributed by atoms with van der Waals surface area (Å²) in [7, 11) is 0. The maximum absolute atomic E-state index is 6.67. The lowest BCUT2D eigenvalue weighted by molar-refractivity contribution is -0.250. The Morgan fingerprint density at radius 1 is 0.395 bits per heavy atom. The summed E-state index contributed by atoms with van der Waals surface area (Å²) in [6, 6.07) is 0. The van der Waals surface area contributed by atoms with E-state index in [9.17, 15) is 0 Å². The molecule has 0 aliphatic rings. The van der Waals surface area contributed by atoms with E-state index in [1.165, 1.54) is 128 Å². The number of hydrogen-bond donors (Lipinski definition) is 0. The van der Waals surface area contributed by atoms with E-state index in [1.54, 1.807) is 0 Å². The van der Waals surface area contributed by atoms with Crippen LogP contribution in [0.3, 0.4) is 0 Å². The summed E-state index contributed by atoms with van der Waals surface area (Å²) in [4.78, 5) is 0. The van der Waals surface area contributed by atoms with Gasteiger partial charge in [-0.15, -0.1) is 0 Å². The highest BCUT2D eigenvalue weighted by Crippen LogP contribution is 2.23. The van der Waals surface area contributed by atoms with Crippen molar-refractivity contribution in [2.75, 3.05) is 13.2 Å². The Hall–Kier alpha value is 1.34. The number of rotatable bonds is 34. The van der Waals surface area contributed by atoms with Crippen LogP contribution >= 0.6 is 45.2 Å². The maximum Gasteiger partial charge on any atom is 0.160 e. The normalized spacial score (nSPS) is 16.2. The van der Waals surface area contributed by atoms with Gasteiger partial charge in [-0.3, -0.25) is 0 Å². The molecule has 260 valence electrons. The van der Waals surface area contributed by atoms with Gasteiger partial charge in [-0.05, 0) is 76.0 Å². The van der Waals surface area contributed by atoms with Crippen LogP contribution in [0.5, 0.6) is 0 Å². The van der Waals surface area contributed by atoms with Crippen molar-refractivity contribution in [3.05, 3.63) is 0 Å². The summed E-state index contributed by atoms with van der Waals surface area (Å²) in [5.41, 5.74) is 0. The molecule has 0 radical (unpaired) electrons. The SMILES string of the molecule is CCCCC(I)CCCCCOC(CCCC(C)CCC)OC(CCCC(C)CCC)OCCCCCC(I)CCCC. The lowest BCUT2D eigenvalue weighted by Crippen LogP contribution is -2.28. The molecule has 0 aromatic rings. The molecule has 0 fully saturated rings. The highest BCUT2D eigenvalue weighted by molar-refractivity contribution is 14.1. The van der Waals surface area contributed by atoms with Crippen LogP contribution in [0, 0.1) is 11.8 Å². The highest BCUT2D eigenvalue weighted by atomic mass is 127. The Kier molecular flexibility index (Phi) is 34.3. The molecule has 0 heterocycles. The zero-order chi connectivity index (χ0) is 32.0. The van der Waals surface area contributed by atoms with Crippen LogP contribution in [-0.4, -0.2) is 33.6 Å². The van der Waals surface area contributed by atoms with E-state index < -0.39 is 0 Å². The van der Waals surface area contributed by atoms with Crippen molar-refractivity contribution in [3.8, 4) is 0 Å². The maximum atomic E-state index is 6.67. The van der Waals surface area contributed by atoms with Gasteiger partial charge in [-0.1, -0.05) is 177 Å². The van der Waals surface area contributed by atoms with Crippen molar-refractivity contribution in [2.45, 2.75) is 216 Å². The van der Waals surface area contributed by atoms with Crippen LogP contribution in [-0.2, 0) is 14.2 Å². The van der Waals surface area contributed by atoms with E-state index in [1.807, 2.05) is 0 Å². The van der Waals surface area contributed by atoms with Gasteiger partial charge in [0.25, 0.3) is 0 Å². The first-order valence-electron chi connectivity index (χ1n) is 19.0. The monoisotopic (exact) mass is 834 g/mol. The Morgan fingerprint density at radius 3 is 1.16 bits per heavy atom. The highest BCUT2D eigenvalue weighted by Gasteiger charge is 2.19. The molecule has 0 amide bonds. The molecule has 3 nitrogen and oxygen atoms in total. The van der Waals surface area contributed by atoms with Crippen LogP contribution < -0.4 is 0 Å². The largest absolute Gasteiger partial charge is 0.353 e. The molecule has 0 aliphatic carbocycles. The first-order chi connectivity index (χ1) is 20.9. The van der Waals surface area contributed by atoms with Gasteiger partial charge in [0.1, 0.15) is 0 Å². The van der Waals surface area contributed by atoms with Gasteiger partial charge in [0.05, 0.1) is 0 Å². The van der Waals surface area contributed by atoms with Crippen molar-refractivity contribution in [1.29, 1.82) is 0 Å². The first kappa shape index (κ1) is 44.3. The summed E-state index contributed by atoms with van der Waals surface area (Å²) >= 11 is 5.31. The average Bonchev–Trinajstić information content (AvgIpc) is 2.98. The van der Waals surface area contributed by atoms with Crippen LogP contribution in [0.1, 0.15) is 196 Å². The first-order valence-corrected chi connectivity index (χ1v) is 21.5. The molecule has 0 N–H and O–H groups in total. The predicted molar refractivity (Wildman–Crippen MR) is 208 cm³/mol. The minimum Gasteiger partial charge on any atom is -0.353 e. The van der Waals surface area contributed by atoms with Gasteiger partial charge in [0.15, 0.2) is 12.6 Å². The van der Waals surface area contributed by atoms with Crippen molar-refractivity contribution >= 4 is 45.2 Å². The second-order valence-corrected chi connectivity index (χ2v) is 17.1. The minimum absolute atomic E-state index is 0.132. The van der Waals surface area contributed by atoms with Crippen molar-refractivity contribution in [3.63, 3.8) is 0 Å². The van der Waals surface area contributed by atoms with Crippen LogP contribution in [0.2, 0.25) is 0 Å². The summed E-state index contributed by atoms with van der Waals surface area (Å²) in [5, 5.41) is 0. The third-order valence-corrected chi connectivity index (χ3v) is 11.3. The van der Waals surface area contributed by atoms with E-state index in [2.05, 4.69) is 86.7 Å². The molecule has 0 aromatic heterocycles. The molecule has 6 atom stereocenters. The lowest BCUT2D eigenvalue weighted by atomic mass is 9.99. The molecule has 0 aliphatic heterocycles. The minimum atomic E-state index is -0.132. The predicted octanol–water partition coefficient (Wildman–Crippen LogP) is 14.0. The lowest BCUT2D eigenvalue weighted by Gasteiger charge is -2.26. The zero-order valence-corrected chi connectivity index (χ0v) is 34.1. The third kappa shape index (κ3) is 30.4. The van der Waals surface area contributed by atoms with Gasteiger partial charge < -0.3 is 14.2 Å². The number of halogens is 2. The molecule has 0 spiro atoms. The number of unbranched alkanes of at least 4 members (excludes halogenated alkanes) is 6. The van der Waals surface area contributed by atoms with Crippen molar-refractivity contribution < 1.29 is 14.2 Å². The van der Waals surface area contributed by atoms with Gasteiger partial charge in [-0.2, -0.15) is 0 Å². The Balaban J connectivity index is 4.85. The van der Waals surface area contributed by atoms with Crippen LogP contribution in [0.25, 0.3) is 0 Å². The van der Waals surface area contributed by atoms with Gasteiger partial charge in [-0.25, -0.2) is 0 Å². The topological polar surface area (TPSA) is 27.7 Å². The standard InChI is InChI=1S/C38H76I2O3/c1-7-11-25-35(39)27-15-13-17-31-41-37(29-19-23-33(5)21-9-3)43-38(30-20-24-34(6)22-10-4)42-32-18-14-16-28-36(40)26-12-8-2/h33-38H,7-32H2,1-6H3.